The van der Waals surface area contributed by atoms with Crippen molar-refractivity contribution in [2.75, 3.05) is 27.0 Å². The Labute approximate surface area is 204 Å². The fourth-order valence-electron chi connectivity index (χ4n) is 4.63. The van der Waals surface area contributed by atoms with Gasteiger partial charge in [0.2, 0.25) is 22.7 Å². The highest BCUT2D eigenvalue weighted by atomic mass is 32.2. The number of rotatable bonds is 7. The van der Waals surface area contributed by atoms with Gasteiger partial charge in [-0.25, -0.2) is 8.42 Å². The van der Waals surface area contributed by atoms with E-state index in [1.807, 2.05) is 42.5 Å². The summed E-state index contributed by atoms with van der Waals surface area (Å²) in [6, 6.07) is 21.2. The number of benzene rings is 3. The Kier molecular flexibility index (Phi) is 6.36. The van der Waals surface area contributed by atoms with Gasteiger partial charge in [0.05, 0.1) is 17.9 Å². The number of carbonyl (C=O) groups is 1. The van der Waals surface area contributed by atoms with Gasteiger partial charge in [-0.05, 0) is 41.5 Å². The summed E-state index contributed by atoms with van der Waals surface area (Å²) >= 11 is 0. The maximum absolute atomic E-state index is 13.4. The fourth-order valence-corrected chi connectivity index (χ4v) is 6.14. The van der Waals surface area contributed by atoms with Gasteiger partial charge >= 0.3 is 0 Å². The van der Waals surface area contributed by atoms with E-state index in [1.54, 1.807) is 37.4 Å². The Morgan fingerprint density at radius 2 is 1.74 bits per heavy atom. The third kappa shape index (κ3) is 4.56. The van der Waals surface area contributed by atoms with Gasteiger partial charge in [-0.3, -0.25) is 4.79 Å². The highest BCUT2D eigenvalue weighted by molar-refractivity contribution is 7.89. The van der Waals surface area contributed by atoms with Crippen LogP contribution in [0.4, 0.5) is 0 Å². The molecule has 0 aromatic heterocycles. The summed E-state index contributed by atoms with van der Waals surface area (Å²) in [5.41, 5.74) is 1.67. The van der Waals surface area contributed by atoms with Crippen molar-refractivity contribution in [3.63, 3.8) is 0 Å². The van der Waals surface area contributed by atoms with Gasteiger partial charge in [0.15, 0.2) is 11.5 Å². The van der Waals surface area contributed by atoms with Crippen LogP contribution in [-0.4, -0.2) is 45.6 Å². The van der Waals surface area contributed by atoms with Gasteiger partial charge in [0, 0.05) is 25.6 Å². The van der Waals surface area contributed by atoms with E-state index in [1.165, 1.54) is 4.31 Å². The Morgan fingerprint density at radius 1 is 1.00 bits per heavy atom. The van der Waals surface area contributed by atoms with Crippen LogP contribution >= 0.6 is 0 Å². The lowest BCUT2D eigenvalue weighted by Crippen LogP contribution is -2.35. The van der Waals surface area contributed by atoms with Gasteiger partial charge in [-0.15, -0.1) is 0 Å². The quantitative estimate of drug-likeness (QED) is 0.542. The Bertz CT molecular complexity index is 1330. The van der Waals surface area contributed by atoms with Gasteiger partial charge in [0.1, 0.15) is 5.75 Å². The van der Waals surface area contributed by atoms with E-state index >= 15 is 0 Å². The topological polar surface area (TPSA) is 94.2 Å². The Balaban J connectivity index is 1.40. The molecule has 2 atom stereocenters. The van der Waals surface area contributed by atoms with Crippen LogP contribution in [0.15, 0.2) is 77.7 Å². The molecule has 9 heteroatoms. The van der Waals surface area contributed by atoms with E-state index < -0.39 is 15.9 Å². The van der Waals surface area contributed by atoms with Crippen LogP contribution in [0.5, 0.6) is 17.2 Å². The largest absolute Gasteiger partial charge is 0.496 e. The normalized spacial score (nSPS) is 19.5. The summed E-state index contributed by atoms with van der Waals surface area (Å²) in [5, 5.41) is 2.98. The van der Waals surface area contributed by atoms with Crippen LogP contribution in [0.1, 0.15) is 17.0 Å². The average molecular weight is 495 g/mol. The number of sulfonamides is 1. The van der Waals surface area contributed by atoms with Gasteiger partial charge in [-0.2, -0.15) is 4.31 Å². The molecule has 2 aliphatic heterocycles. The van der Waals surface area contributed by atoms with Crippen molar-refractivity contribution in [3.8, 4) is 17.2 Å². The van der Waals surface area contributed by atoms with E-state index in [0.29, 0.717) is 17.2 Å². The van der Waals surface area contributed by atoms with Crippen LogP contribution in [0.3, 0.4) is 0 Å². The zero-order chi connectivity index (χ0) is 24.4. The molecule has 2 heterocycles. The Morgan fingerprint density at radius 3 is 2.54 bits per heavy atom. The summed E-state index contributed by atoms with van der Waals surface area (Å²) in [7, 11) is -2.19. The molecule has 1 saturated heterocycles. The summed E-state index contributed by atoms with van der Waals surface area (Å²) in [5.74, 6) is 0.785. The predicted molar refractivity (Wildman–Crippen MR) is 129 cm³/mol. The van der Waals surface area contributed by atoms with Crippen LogP contribution in [0.2, 0.25) is 0 Å². The minimum Gasteiger partial charge on any atom is -0.496 e. The van der Waals surface area contributed by atoms with E-state index in [9.17, 15) is 13.2 Å². The molecular weight excluding hydrogens is 468 g/mol. The van der Waals surface area contributed by atoms with Crippen LogP contribution in [0, 0.1) is 5.92 Å². The van der Waals surface area contributed by atoms with Crippen LogP contribution in [-0.2, 0) is 21.4 Å². The minimum absolute atomic E-state index is 0.0763. The lowest BCUT2D eigenvalue weighted by molar-refractivity contribution is -0.125. The zero-order valence-corrected chi connectivity index (χ0v) is 20.0. The van der Waals surface area contributed by atoms with Crippen LogP contribution in [0.25, 0.3) is 0 Å². The molecule has 3 aromatic rings. The molecule has 0 saturated carbocycles. The second kappa shape index (κ2) is 9.59. The minimum atomic E-state index is -3.76. The highest BCUT2D eigenvalue weighted by Crippen LogP contribution is 2.40. The van der Waals surface area contributed by atoms with Crippen molar-refractivity contribution in [1.82, 2.24) is 9.62 Å². The van der Waals surface area contributed by atoms with Crippen molar-refractivity contribution in [2.45, 2.75) is 17.4 Å². The Hall–Kier alpha value is -3.56. The zero-order valence-electron chi connectivity index (χ0n) is 19.2. The number of hydrogen-bond donors (Lipinski definition) is 1. The molecule has 35 heavy (non-hydrogen) atoms. The predicted octanol–water partition coefficient (Wildman–Crippen LogP) is 3.14. The smallest absolute Gasteiger partial charge is 0.243 e. The highest BCUT2D eigenvalue weighted by Gasteiger charge is 2.44. The van der Waals surface area contributed by atoms with E-state index in [0.717, 1.165) is 11.1 Å². The number of para-hydroxylation sites is 1. The second-order valence-electron chi connectivity index (χ2n) is 8.50. The molecular formula is C26H26N2O6S. The maximum atomic E-state index is 13.4. The molecule has 2 aliphatic rings. The van der Waals surface area contributed by atoms with E-state index in [4.69, 9.17) is 14.2 Å². The second-order valence-corrected chi connectivity index (χ2v) is 10.4. The summed E-state index contributed by atoms with van der Waals surface area (Å²) in [6.07, 6.45) is 0. The lowest BCUT2D eigenvalue weighted by atomic mass is 9.87. The monoisotopic (exact) mass is 494 g/mol. The molecule has 0 spiro atoms. The number of ether oxygens (including phenoxy) is 3. The molecule has 3 aromatic carbocycles. The molecule has 8 nitrogen and oxygen atoms in total. The van der Waals surface area contributed by atoms with Gasteiger partial charge in [-0.1, -0.05) is 42.5 Å². The fraction of sp³-hybridized carbons (Fsp3) is 0.269. The first-order valence-corrected chi connectivity index (χ1v) is 12.8. The third-order valence-electron chi connectivity index (χ3n) is 6.45. The molecule has 0 radical (unpaired) electrons. The maximum Gasteiger partial charge on any atom is 0.243 e. The number of amides is 1. The molecule has 0 unspecified atom stereocenters. The number of carbonyl (C=O) groups excluding carboxylic acids is 1. The van der Waals surface area contributed by atoms with E-state index in [-0.39, 0.29) is 43.1 Å². The molecule has 1 N–H and O–H groups in total. The summed E-state index contributed by atoms with van der Waals surface area (Å²) < 4.78 is 44.4. The number of hydrogen-bond acceptors (Lipinski definition) is 6. The first kappa shape index (κ1) is 23.2. The molecule has 5 rings (SSSR count). The summed E-state index contributed by atoms with van der Waals surface area (Å²) in [4.78, 5) is 13.6. The number of nitrogens with one attached hydrogen (secondary N) is 1. The van der Waals surface area contributed by atoms with Crippen molar-refractivity contribution in [2.24, 2.45) is 5.92 Å². The molecule has 1 amide bonds. The first-order chi connectivity index (χ1) is 17.0. The van der Waals surface area contributed by atoms with Crippen LogP contribution < -0.4 is 19.5 Å². The average Bonchev–Trinajstić information content (AvgIpc) is 3.55. The number of nitrogens with zero attached hydrogens (tertiary/aromatic N) is 1. The number of fused-ring (bicyclic) bond motifs is 1. The van der Waals surface area contributed by atoms with Crippen molar-refractivity contribution in [3.05, 3.63) is 83.9 Å². The lowest BCUT2D eigenvalue weighted by Gasteiger charge is -2.20. The van der Waals surface area contributed by atoms with E-state index in [2.05, 4.69) is 5.32 Å². The summed E-state index contributed by atoms with van der Waals surface area (Å²) in [6.45, 7) is 0.724. The molecule has 182 valence electrons. The van der Waals surface area contributed by atoms with Crippen molar-refractivity contribution >= 4 is 15.9 Å². The first-order valence-electron chi connectivity index (χ1n) is 11.3. The van der Waals surface area contributed by atoms with Gasteiger partial charge in [0.25, 0.3) is 0 Å². The SMILES string of the molecule is COc1ccccc1[C@@H]1CN(S(=O)(=O)c2ccccc2)C[C@@H]1C(=O)NCc1ccc2c(c1)OCO2. The standard InChI is InChI=1S/C26H26N2O6S/c1-32-23-10-6-5-9-20(23)21-15-28(35(30,31)19-7-3-2-4-8-19)16-22(21)26(29)27-14-18-11-12-24-25(13-18)34-17-33-24/h2-13,21-22H,14-17H2,1H3,(H,27,29)/t21-,22-/m0/s1. The molecule has 0 aliphatic carbocycles. The van der Waals surface area contributed by atoms with Crippen molar-refractivity contribution < 1.29 is 27.4 Å². The molecule has 0 bridgehead atoms. The van der Waals surface area contributed by atoms with Gasteiger partial charge < -0.3 is 19.5 Å². The van der Waals surface area contributed by atoms with Crippen molar-refractivity contribution in [1.29, 1.82) is 0 Å². The third-order valence-corrected chi connectivity index (χ3v) is 8.29. The number of methoxy groups -OCH3 is 1. The molecule has 1 fully saturated rings.